The van der Waals surface area contributed by atoms with Gasteiger partial charge in [-0.2, -0.15) is 21.6 Å². The molecule has 1 aliphatic heterocycles. The van der Waals surface area contributed by atoms with Crippen molar-refractivity contribution in [1.82, 2.24) is 9.97 Å². The van der Waals surface area contributed by atoms with Crippen LogP contribution in [0.3, 0.4) is 0 Å². The van der Waals surface area contributed by atoms with Crippen molar-refractivity contribution in [2.24, 2.45) is 5.73 Å². The van der Waals surface area contributed by atoms with Crippen LogP contribution < -0.4 is 15.4 Å². The highest BCUT2D eigenvalue weighted by atomic mass is 32.2. The van der Waals surface area contributed by atoms with Crippen LogP contribution in [-0.2, 0) is 16.2 Å². The zero-order chi connectivity index (χ0) is 24.5. The van der Waals surface area contributed by atoms with Crippen molar-refractivity contribution < 1.29 is 21.6 Å². The number of aryl methyl sites for hydroxylation is 1. The van der Waals surface area contributed by atoms with Gasteiger partial charge in [0.1, 0.15) is 11.6 Å². The molecular weight excluding hydrogens is 467 g/mol. The van der Waals surface area contributed by atoms with Gasteiger partial charge in [-0.05, 0) is 49.6 Å². The molecule has 0 bridgehead atoms. The Morgan fingerprint density at radius 2 is 1.82 bits per heavy atom. The van der Waals surface area contributed by atoms with E-state index in [1.807, 2.05) is 4.90 Å². The summed E-state index contributed by atoms with van der Waals surface area (Å²) >= 11 is 0. The molecule has 2 aromatic heterocycles. The molecule has 0 unspecified atom stereocenters. The minimum absolute atomic E-state index is 0.0230. The Balaban J connectivity index is 1.68. The second-order valence-corrected chi connectivity index (χ2v) is 9.82. The first-order valence-corrected chi connectivity index (χ1v) is 12.2. The summed E-state index contributed by atoms with van der Waals surface area (Å²) < 4.78 is 69.2. The molecule has 3 N–H and O–H groups in total. The van der Waals surface area contributed by atoms with E-state index in [-0.39, 0.29) is 28.1 Å². The normalized spacial score (nSPS) is 17.0. The lowest BCUT2D eigenvalue weighted by Gasteiger charge is -2.31. The lowest BCUT2D eigenvalue weighted by atomic mass is 10.0. The Labute approximate surface area is 195 Å². The number of nitrogens with two attached hydrogens (primary N) is 1. The minimum atomic E-state index is -4.66. The number of alkyl halides is 3. The van der Waals surface area contributed by atoms with Gasteiger partial charge >= 0.3 is 6.18 Å². The van der Waals surface area contributed by atoms with E-state index in [1.165, 1.54) is 12.1 Å². The number of piperidine rings is 1. The largest absolute Gasteiger partial charge is 0.418 e. The number of anilines is 2. The number of nitrogens with one attached hydrogen (secondary N) is 1. The Hall–Kier alpha value is -3.18. The highest BCUT2D eigenvalue weighted by Crippen LogP contribution is 2.38. The first-order valence-electron chi connectivity index (χ1n) is 10.7. The molecule has 0 amide bonds. The Morgan fingerprint density at radius 1 is 1.06 bits per heavy atom. The number of aromatic nitrogens is 2. The quantitative estimate of drug-likeness (QED) is 0.555. The third kappa shape index (κ3) is 5.15. The van der Waals surface area contributed by atoms with Crippen LogP contribution in [0.5, 0.6) is 0 Å². The van der Waals surface area contributed by atoms with Gasteiger partial charge in [-0.25, -0.2) is 9.97 Å². The summed E-state index contributed by atoms with van der Waals surface area (Å²) in [4.78, 5) is 10.2. The first kappa shape index (κ1) is 24.0. The SMILES string of the molecule is Cc1ccccc1-c1nc(NS(=O)(=O)c2cccc(N3CCC[C@H](N)C3)n2)ccc1C(F)(F)F. The molecule has 1 aliphatic rings. The van der Waals surface area contributed by atoms with Crippen molar-refractivity contribution in [3.05, 3.63) is 65.7 Å². The number of rotatable bonds is 5. The first-order chi connectivity index (χ1) is 16.0. The zero-order valence-corrected chi connectivity index (χ0v) is 19.2. The molecule has 3 aromatic rings. The van der Waals surface area contributed by atoms with E-state index in [0.717, 1.165) is 25.0 Å². The fourth-order valence-electron chi connectivity index (χ4n) is 3.93. The van der Waals surface area contributed by atoms with Crippen LogP contribution >= 0.6 is 0 Å². The van der Waals surface area contributed by atoms with Crippen LogP contribution in [0.1, 0.15) is 24.0 Å². The Kier molecular flexibility index (Phi) is 6.50. The molecule has 1 atom stereocenters. The van der Waals surface area contributed by atoms with Crippen LogP contribution in [0.2, 0.25) is 0 Å². The van der Waals surface area contributed by atoms with Gasteiger partial charge in [0.15, 0.2) is 5.03 Å². The number of hydrogen-bond acceptors (Lipinski definition) is 6. The van der Waals surface area contributed by atoms with Crippen molar-refractivity contribution >= 4 is 21.7 Å². The second kappa shape index (κ2) is 9.22. The monoisotopic (exact) mass is 491 g/mol. The van der Waals surface area contributed by atoms with Gasteiger partial charge in [-0.1, -0.05) is 30.3 Å². The summed E-state index contributed by atoms with van der Waals surface area (Å²) in [6.45, 7) is 2.93. The molecule has 34 heavy (non-hydrogen) atoms. The Bertz CT molecular complexity index is 1300. The molecule has 11 heteroatoms. The summed E-state index contributed by atoms with van der Waals surface area (Å²) in [5.41, 5.74) is 5.55. The van der Waals surface area contributed by atoms with Gasteiger partial charge in [0.25, 0.3) is 10.0 Å². The highest BCUT2D eigenvalue weighted by molar-refractivity contribution is 7.92. The number of nitrogens with zero attached hydrogens (tertiary/aromatic N) is 3. The molecule has 180 valence electrons. The molecule has 3 heterocycles. The van der Waals surface area contributed by atoms with Gasteiger partial charge in [-0.15, -0.1) is 0 Å². The smallest absolute Gasteiger partial charge is 0.355 e. The van der Waals surface area contributed by atoms with Gasteiger partial charge < -0.3 is 10.6 Å². The standard InChI is InChI=1S/C23H24F3N5O2S/c1-15-6-2-3-8-17(15)22-18(23(24,25)26)11-12-19(28-22)30-34(32,33)21-10-4-9-20(29-21)31-13-5-7-16(27)14-31/h2-4,6,8-12,16H,5,7,13-14,27H2,1H3,(H,28,30)/t16-/m0/s1. The third-order valence-corrected chi connectivity index (χ3v) is 6.86. The predicted molar refractivity (Wildman–Crippen MR) is 124 cm³/mol. The maximum atomic E-state index is 13.6. The van der Waals surface area contributed by atoms with Crippen molar-refractivity contribution in [3.63, 3.8) is 0 Å². The van der Waals surface area contributed by atoms with Crippen LogP contribution in [-0.4, -0.2) is 37.5 Å². The van der Waals surface area contributed by atoms with Crippen molar-refractivity contribution in [2.75, 3.05) is 22.7 Å². The fraction of sp³-hybridized carbons (Fsp3) is 0.304. The molecule has 4 rings (SSSR count). The molecule has 1 saturated heterocycles. The lowest BCUT2D eigenvalue weighted by molar-refractivity contribution is -0.137. The summed E-state index contributed by atoms with van der Waals surface area (Å²) in [6, 6.07) is 12.9. The van der Waals surface area contributed by atoms with Crippen LogP contribution in [0.4, 0.5) is 24.8 Å². The predicted octanol–water partition coefficient (Wildman–Crippen LogP) is 4.20. The van der Waals surface area contributed by atoms with Gasteiger partial charge in [0.05, 0.1) is 11.3 Å². The van der Waals surface area contributed by atoms with Crippen LogP contribution in [0.15, 0.2) is 59.6 Å². The van der Waals surface area contributed by atoms with Crippen LogP contribution in [0, 0.1) is 6.92 Å². The Morgan fingerprint density at radius 3 is 2.53 bits per heavy atom. The minimum Gasteiger partial charge on any atom is -0.355 e. The van der Waals surface area contributed by atoms with Gasteiger partial charge in [0, 0.05) is 24.7 Å². The average molecular weight is 492 g/mol. The van der Waals surface area contributed by atoms with Crippen LogP contribution in [0.25, 0.3) is 11.3 Å². The molecular formula is C23H24F3N5O2S. The number of sulfonamides is 1. The maximum absolute atomic E-state index is 13.6. The van der Waals surface area contributed by atoms with Crippen molar-refractivity contribution in [1.29, 1.82) is 0 Å². The number of halogens is 3. The fourth-order valence-corrected chi connectivity index (χ4v) is 4.89. The third-order valence-electron chi connectivity index (χ3n) is 5.61. The molecule has 0 saturated carbocycles. The summed E-state index contributed by atoms with van der Waals surface area (Å²) in [6.07, 6.45) is -2.90. The summed E-state index contributed by atoms with van der Waals surface area (Å²) in [5, 5.41) is -0.261. The highest BCUT2D eigenvalue weighted by Gasteiger charge is 2.35. The topological polar surface area (TPSA) is 101 Å². The van der Waals surface area contributed by atoms with E-state index in [2.05, 4.69) is 14.7 Å². The number of benzene rings is 1. The van der Waals surface area contributed by atoms with E-state index in [1.54, 1.807) is 37.3 Å². The summed E-state index contributed by atoms with van der Waals surface area (Å²) in [7, 11) is -4.21. The zero-order valence-electron chi connectivity index (χ0n) is 18.4. The molecule has 0 aliphatic carbocycles. The van der Waals surface area contributed by atoms with E-state index in [9.17, 15) is 21.6 Å². The van der Waals surface area contributed by atoms with Gasteiger partial charge in [0.2, 0.25) is 0 Å². The maximum Gasteiger partial charge on any atom is 0.418 e. The van der Waals surface area contributed by atoms with E-state index >= 15 is 0 Å². The van der Waals surface area contributed by atoms with Gasteiger partial charge in [-0.3, -0.25) is 4.72 Å². The number of pyridine rings is 2. The molecule has 7 nitrogen and oxygen atoms in total. The lowest BCUT2D eigenvalue weighted by Crippen LogP contribution is -2.43. The molecule has 1 aromatic carbocycles. The second-order valence-electron chi connectivity index (χ2n) is 8.19. The van der Waals surface area contributed by atoms with Crippen molar-refractivity contribution in [3.8, 4) is 11.3 Å². The number of hydrogen-bond donors (Lipinski definition) is 2. The molecule has 0 radical (unpaired) electrons. The van der Waals surface area contributed by atoms with E-state index < -0.39 is 21.8 Å². The molecule has 1 fully saturated rings. The summed E-state index contributed by atoms with van der Waals surface area (Å²) in [5.74, 6) is 0.234. The van der Waals surface area contributed by atoms with E-state index in [4.69, 9.17) is 5.73 Å². The molecule has 0 spiro atoms. The van der Waals surface area contributed by atoms with Crippen molar-refractivity contribution in [2.45, 2.75) is 37.0 Å². The van der Waals surface area contributed by atoms with E-state index in [0.29, 0.717) is 24.5 Å². The average Bonchev–Trinajstić information content (AvgIpc) is 2.78.